The summed E-state index contributed by atoms with van der Waals surface area (Å²) in [5.74, 6) is -0.430. The van der Waals surface area contributed by atoms with Crippen molar-refractivity contribution in [1.82, 2.24) is 0 Å². The van der Waals surface area contributed by atoms with Gasteiger partial charge in [0.25, 0.3) is 0 Å². The van der Waals surface area contributed by atoms with Crippen molar-refractivity contribution in [3.05, 3.63) is 29.8 Å². The molecule has 17 heavy (non-hydrogen) atoms. The summed E-state index contributed by atoms with van der Waals surface area (Å²) in [6.45, 7) is 1.91. The van der Waals surface area contributed by atoms with Crippen LogP contribution in [0.3, 0.4) is 0 Å². The molecule has 1 atom stereocenters. The number of nitriles is 1. The van der Waals surface area contributed by atoms with Gasteiger partial charge in [-0.05, 0) is 24.1 Å². The van der Waals surface area contributed by atoms with Gasteiger partial charge in [-0.25, -0.2) is 4.79 Å². The minimum absolute atomic E-state index is 0.345. The number of nitrogens with zero attached hydrogens (tertiary/aromatic N) is 1. The average molecular weight is 233 g/mol. The minimum Gasteiger partial charge on any atom is -0.479 e. The highest BCUT2D eigenvalue weighted by molar-refractivity contribution is 5.72. The van der Waals surface area contributed by atoms with Gasteiger partial charge in [0.2, 0.25) is 0 Å². The molecule has 0 bridgehead atoms. The van der Waals surface area contributed by atoms with Crippen LogP contribution in [0, 0.1) is 11.3 Å². The van der Waals surface area contributed by atoms with E-state index in [9.17, 15) is 4.79 Å². The number of benzene rings is 1. The number of ether oxygens (including phenoxy) is 1. The van der Waals surface area contributed by atoms with Crippen LogP contribution in [0.4, 0.5) is 0 Å². The van der Waals surface area contributed by atoms with E-state index in [2.05, 4.69) is 0 Å². The number of rotatable bonds is 6. The third kappa shape index (κ3) is 4.15. The van der Waals surface area contributed by atoms with E-state index in [0.717, 1.165) is 12.0 Å². The van der Waals surface area contributed by atoms with E-state index < -0.39 is 12.1 Å². The molecule has 0 saturated carbocycles. The fourth-order valence-corrected chi connectivity index (χ4v) is 1.44. The number of hydrogen-bond donors (Lipinski definition) is 1. The van der Waals surface area contributed by atoms with Crippen LogP contribution >= 0.6 is 0 Å². The molecule has 0 aliphatic heterocycles. The Labute approximate surface area is 100 Å². The molecule has 0 spiro atoms. The van der Waals surface area contributed by atoms with Crippen molar-refractivity contribution in [3.8, 4) is 11.8 Å². The lowest BCUT2D eigenvalue weighted by Gasteiger charge is -2.14. The van der Waals surface area contributed by atoms with Crippen LogP contribution < -0.4 is 4.74 Å². The zero-order chi connectivity index (χ0) is 12.7. The molecule has 1 unspecified atom stereocenters. The average Bonchev–Trinajstić information content (AvgIpc) is 2.31. The van der Waals surface area contributed by atoms with Gasteiger partial charge < -0.3 is 9.84 Å². The summed E-state index contributed by atoms with van der Waals surface area (Å²) in [5.41, 5.74) is 0.891. The summed E-state index contributed by atoms with van der Waals surface area (Å²) in [5, 5.41) is 17.5. The van der Waals surface area contributed by atoms with E-state index in [1.54, 1.807) is 24.3 Å². The molecule has 1 aromatic rings. The Hall–Kier alpha value is -2.02. The molecule has 1 rings (SSSR count). The number of carbonyl (C=O) groups is 1. The van der Waals surface area contributed by atoms with Crippen LogP contribution in [-0.2, 0) is 11.2 Å². The highest BCUT2D eigenvalue weighted by atomic mass is 16.5. The Balaban J connectivity index is 2.67. The van der Waals surface area contributed by atoms with Crippen LogP contribution in [0.25, 0.3) is 0 Å². The van der Waals surface area contributed by atoms with E-state index in [0.29, 0.717) is 18.6 Å². The summed E-state index contributed by atoms with van der Waals surface area (Å²) in [4.78, 5) is 10.9. The van der Waals surface area contributed by atoms with Gasteiger partial charge in [-0.15, -0.1) is 0 Å². The molecule has 0 aliphatic rings. The molecule has 0 amide bonds. The van der Waals surface area contributed by atoms with E-state index in [4.69, 9.17) is 15.1 Å². The van der Waals surface area contributed by atoms with Gasteiger partial charge in [-0.3, -0.25) is 0 Å². The lowest BCUT2D eigenvalue weighted by atomic mass is 10.1. The summed E-state index contributed by atoms with van der Waals surface area (Å²) in [6, 6.07) is 8.97. The summed E-state index contributed by atoms with van der Waals surface area (Å²) in [7, 11) is 0. The fourth-order valence-electron chi connectivity index (χ4n) is 1.44. The lowest BCUT2D eigenvalue weighted by molar-refractivity contribution is -0.145. The van der Waals surface area contributed by atoms with Gasteiger partial charge in [0.05, 0.1) is 12.5 Å². The monoisotopic (exact) mass is 233 g/mol. The predicted molar refractivity (Wildman–Crippen MR) is 62.7 cm³/mol. The maximum atomic E-state index is 10.9. The third-order valence-corrected chi connectivity index (χ3v) is 2.31. The quantitative estimate of drug-likeness (QED) is 0.818. The van der Waals surface area contributed by atoms with E-state index >= 15 is 0 Å². The summed E-state index contributed by atoms with van der Waals surface area (Å²) < 4.78 is 5.37. The van der Waals surface area contributed by atoms with Crippen LogP contribution in [0.15, 0.2) is 24.3 Å². The second-order valence-electron chi connectivity index (χ2n) is 3.71. The first-order chi connectivity index (χ1) is 8.17. The van der Waals surface area contributed by atoms with Gasteiger partial charge >= 0.3 is 5.97 Å². The van der Waals surface area contributed by atoms with Crippen molar-refractivity contribution in [1.29, 1.82) is 5.26 Å². The Morgan fingerprint density at radius 1 is 1.47 bits per heavy atom. The van der Waals surface area contributed by atoms with Gasteiger partial charge in [0.1, 0.15) is 5.75 Å². The summed E-state index contributed by atoms with van der Waals surface area (Å²) in [6.07, 6.45) is 0.776. The highest BCUT2D eigenvalue weighted by Gasteiger charge is 2.17. The van der Waals surface area contributed by atoms with Gasteiger partial charge in [0.15, 0.2) is 6.10 Å². The van der Waals surface area contributed by atoms with E-state index in [1.165, 1.54) is 0 Å². The van der Waals surface area contributed by atoms with Gasteiger partial charge in [0, 0.05) is 0 Å². The molecule has 0 aliphatic carbocycles. The maximum absolute atomic E-state index is 10.9. The molecule has 1 aromatic carbocycles. The molecule has 90 valence electrons. The van der Waals surface area contributed by atoms with Crippen molar-refractivity contribution in [2.75, 3.05) is 0 Å². The van der Waals surface area contributed by atoms with E-state index in [-0.39, 0.29) is 0 Å². The van der Waals surface area contributed by atoms with Crippen molar-refractivity contribution in [3.63, 3.8) is 0 Å². The second-order valence-corrected chi connectivity index (χ2v) is 3.71. The molecule has 0 aromatic heterocycles. The Kier molecular flexibility index (Phi) is 5.02. The molecule has 4 heteroatoms. The fraction of sp³-hybridized carbons (Fsp3) is 0.385. The van der Waals surface area contributed by atoms with E-state index in [1.807, 2.05) is 13.0 Å². The first kappa shape index (κ1) is 13.0. The van der Waals surface area contributed by atoms with Crippen LogP contribution in [-0.4, -0.2) is 17.2 Å². The zero-order valence-corrected chi connectivity index (χ0v) is 9.72. The summed E-state index contributed by atoms with van der Waals surface area (Å²) >= 11 is 0. The molecule has 0 saturated heterocycles. The third-order valence-electron chi connectivity index (χ3n) is 2.31. The minimum atomic E-state index is -0.951. The Bertz CT molecular complexity index is 406. The van der Waals surface area contributed by atoms with Crippen LogP contribution in [0.1, 0.15) is 25.3 Å². The topological polar surface area (TPSA) is 70.3 Å². The Morgan fingerprint density at radius 3 is 2.59 bits per heavy atom. The first-order valence-corrected chi connectivity index (χ1v) is 5.52. The molecular formula is C13H15NO3. The number of carboxylic acids is 1. The Morgan fingerprint density at radius 2 is 2.12 bits per heavy atom. The first-order valence-electron chi connectivity index (χ1n) is 5.52. The number of hydrogen-bond acceptors (Lipinski definition) is 3. The molecule has 4 nitrogen and oxygen atoms in total. The lowest BCUT2D eigenvalue weighted by Crippen LogP contribution is -2.26. The molecular weight excluding hydrogens is 218 g/mol. The maximum Gasteiger partial charge on any atom is 0.344 e. The second kappa shape index (κ2) is 6.54. The van der Waals surface area contributed by atoms with Crippen LogP contribution in [0.2, 0.25) is 0 Å². The van der Waals surface area contributed by atoms with Crippen molar-refractivity contribution >= 4 is 5.97 Å². The largest absolute Gasteiger partial charge is 0.479 e. The SMILES string of the molecule is CCCC(Oc1ccc(CC#N)cc1)C(=O)O. The van der Waals surface area contributed by atoms with Gasteiger partial charge in [-0.2, -0.15) is 5.26 Å². The smallest absolute Gasteiger partial charge is 0.344 e. The van der Waals surface area contributed by atoms with Crippen molar-refractivity contribution in [2.24, 2.45) is 0 Å². The normalized spacial score (nSPS) is 11.5. The van der Waals surface area contributed by atoms with Gasteiger partial charge in [-0.1, -0.05) is 25.5 Å². The zero-order valence-electron chi connectivity index (χ0n) is 9.72. The van der Waals surface area contributed by atoms with Crippen molar-refractivity contribution in [2.45, 2.75) is 32.3 Å². The molecule has 1 N–H and O–H groups in total. The molecule has 0 heterocycles. The van der Waals surface area contributed by atoms with Crippen molar-refractivity contribution < 1.29 is 14.6 Å². The van der Waals surface area contributed by atoms with Crippen LogP contribution in [0.5, 0.6) is 5.75 Å². The highest BCUT2D eigenvalue weighted by Crippen LogP contribution is 2.16. The molecule has 0 fully saturated rings. The number of aliphatic carboxylic acids is 1. The predicted octanol–water partition coefficient (Wildman–Crippen LogP) is 2.38. The standard InChI is InChI=1S/C13H15NO3/c1-2-3-12(13(15)16)17-11-6-4-10(5-7-11)8-9-14/h4-7,12H,2-3,8H2,1H3,(H,15,16). The number of carboxylic acid groups (broad SMARTS) is 1. The molecule has 0 radical (unpaired) electrons.